The van der Waals surface area contributed by atoms with Crippen LogP contribution in [-0.2, 0) is 15.9 Å². The Morgan fingerprint density at radius 3 is 2.93 bits per heavy atom. The standard InChI is InChI=1S/C22H37N3O3.HI/c1-18-6-2-3-8-21(18)25-22(24-12-9-20-7-4-14-28-20)23-11-5-13-26-16-19-10-15-27-17-19;/h4,7,14,18-19,21H,2-3,5-6,8-13,15-17H2,1H3,(H2,23,24,25);1H. The summed E-state index contributed by atoms with van der Waals surface area (Å²) in [7, 11) is 0. The predicted molar refractivity (Wildman–Crippen MR) is 127 cm³/mol. The van der Waals surface area contributed by atoms with Crippen molar-refractivity contribution < 1.29 is 13.9 Å². The zero-order chi connectivity index (χ0) is 19.4. The average molecular weight is 519 g/mol. The Morgan fingerprint density at radius 2 is 2.17 bits per heavy atom. The number of rotatable bonds is 10. The summed E-state index contributed by atoms with van der Waals surface area (Å²) in [5, 5.41) is 7.16. The molecule has 1 aromatic heterocycles. The van der Waals surface area contributed by atoms with E-state index in [2.05, 4.69) is 17.6 Å². The Morgan fingerprint density at radius 1 is 1.28 bits per heavy atom. The third kappa shape index (κ3) is 9.26. The van der Waals surface area contributed by atoms with Crippen molar-refractivity contribution in [1.82, 2.24) is 10.6 Å². The van der Waals surface area contributed by atoms with Crippen molar-refractivity contribution in [1.29, 1.82) is 0 Å². The minimum absolute atomic E-state index is 0. The van der Waals surface area contributed by atoms with E-state index < -0.39 is 0 Å². The van der Waals surface area contributed by atoms with Crippen LogP contribution < -0.4 is 10.6 Å². The minimum atomic E-state index is 0. The summed E-state index contributed by atoms with van der Waals surface area (Å²) in [5.41, 5.74) is 0. The van der Waals surface area contributed by atoms with Gasteiger partial charge in [-0.3, -0.25) is 4.99 Å². The van der Waals surface area contributed by atoms with Crippen LogP contribution in [0.3, 0.4) is 0 Å². The summed E-state index contributed by atoms with van der Waals surface area (Å²) in [6.07, 6.45) is 9.85. The van der Waals surface area contributed by atoms with Crippen LogP contribution in [0.1, 0.15) is 51.2 Å². The molecule has 166 valence electrons. The summed E-state index contributed by atoms with van der Waals surface area (Å²) < 4.78 is 16.6. The Kier molecular flexibility index (Phi) is 12.0. The Bertz CT molecular complexity index is 562. The maximum absolute atomic E-state index is 5.79. The van der Waals surface area contributed by atoms with Gasteiger partial charge in [-0.25, -0.2) is 0 Å². The second-order valence-electron chi connectivity index (χ2n) is 8.16. The van der Waals surface area contributed by atoms with Crippen molar-refractivity contribution in [2.24, 2.45) is 16.8 Å². The van der Waals surface area contributed by atoms with E-state index in [1.54, 1.807) is 6.26 Å². The van der Waals surface area contributed by atoms with Gasteiger partial charge in [0, 0.05) is 44.7 Å². The monoisotopic (exact) mass is 519 g/mol. The van der Waals surface area contributed by atoms with Crippen molar-refractivity contribution in [3.63, 3.8) is 0 Å². The van der Waals surface area contributed by atoms with Gasteiger partial charge in [-0.2, -0.15) is 0 Å². The van der Waals surface area contributed by atoms with Crippen molar-refractivity contribution in [3.05, 3.63) is 24.2 Å². The summed E-state index contributed by atoms with van der Waals surface area (Å²) in [6, 6.07) is 4.47. The molecule has 0 aromatic carbocycles. The van der Waals surface area contributed by atoms with E-state index in [0.29, 0.717) is 17.9 Å². The molecule has 1 saturated carbocycles. The van der Waals surface area contributed by atoms with Crippen LogP contribution in [-0.4, -0.2) is 51.5 Å². The van der Waals surface area contributed by atoms with Gasteiger partial charge in [-0.15, -0.1) is 24.0 Å². The lowest BCUT2D eigenvalue weighted by Gasteiger charge is -2.31. The number of furan rings is 1. The molecule has 1 aliphatic heterocycles. The maximum atomic E-state index is 5.79. The molecule has 3 rings (SSSR count). The van der Waals surface area contributed by atoms with Crippen LogP contribution in [0.25, 0.3) is 0 Å². The number of halogens is 1. The molecule has 7 heteroatoms. The van der Waals surface area contributed by atoms with Crippen LogP contribution in [0.2, 0.25) is 0 Å². The van der Waals surface area contributed by atoms with E-state index in [-0.39, 0.29) is 24.0 Å². The molecule has 3 atom stereocenters. The number of ether oxygens (including phenoxy) is 2. The largest absolute Gasteiger partial charge is 0.469 e. The highest BCUT2D eigenvalue weighted by Gasteiger charge is 2.22. The first kappa shape index (κ1) is 24.5. The molecule has 1 saturated heterocycles. The van der Waals surface area contributed by atoms with Crippen LogP contribution in [0.5, 0.6) is 0 Å². The molecule has 2 heterocycles. The lowest BCUT2D eigenvalue weighted by Crippen LogP contribution is -2.47. The van der Waals surface area contributed by atoms with Crippen molar-refractivity contribution in [3.8, 4) is 0 Å². The highest BCUT2D eigenvalue weighted by Crippen LogP contribution is 2.23. The van der Waals surface area contributed by atoms with Gasteiger partial charge >= 0.3 is 0 Å². The van der Waals surface area contributed by atoms with Crippen molar-refractivity contribution in [2.45, 2.75) is 57.9 Å². The molecule has 1 aliphatic carbocycles. The van der Waals surface area contributed by atoms with Crippen LogP contribution in [0, 0.1) is 11.8 Å². The fourth-order valence-corrected chi connectivity index (χ4v) is 3.94. The van der Waals surface area contributed by atoms with E-state index >= 15 is 0 Å². The first-order valence-corrected chi connectivity index (χ1v) is 11.0. The Hall–Kier alpha value is -0.800. The van der Waals surface area contributed by atoms with Gasteiger partial charge in [0.1, 0.15) is 5.76 Å². The molecule has 2 fully saturated rings. The number of nitrogens with zero attached hydrogens (tertiary/aromatic N) is 1. The summed E-state index contributed by atoms with van der Waals surface area (Å²) in [5.74, 6) is 3.20. The van der Waals surface area contributed by atoms with E-state index in [1.165, 1.54) is 25.7 Å². The summed E-state index contributed by atoms with van der Waals surface area (Å²) in [6.45, 7) is 7.26. The number of hydrogen-bond acceptors (Lipinski definition) is 4. The fourth-order valence-electron chi connectivity index (χ4n) is 3.94. The smallest absolute Gasteiger partial charge is 0.191 e. The molecule has 0 bridgehead atoms. The number of nitrogens with one attached hydrogen (secondary N) is 2. The minimum Gasteiger partial charge on any atom is -0.469 e. The van der Waals surface area contributed by atoms with E-state index in [4.69, 9.17) is 18.9 Å². The zero-order valence-electron chi connectivity index (χ0n) is 17.7. The van der Waals surface area contributed by atoms with Gasteiger partial charge < -0.3 is 24.5 Å². The van der Waals surface area contributed by atoms with E-state index in [1.807, 2.05) is 12.1 Å². The molecule has 29 heavy (non-hydrogen) atoms. The first-order valence-electron chi connectivity index (χ1n) is 11.0. The maximum Gasteiger partial charge on any atom is 0.191 e. The van der Waals surface area contributed by atoms with Gasteiger partial charge in [0.2, 0.25) is 0 Å². The zero-order valence-corrected chi connectivity index (χ0v) is 20.1. The quantitative estimate of drug-likeness (QED) is 0.212. The van der Waals surface area contributed by atoms with E-state index in [0.717, 1.165) is 70.5 Å². The molecule has 0 spiro atoms. The number of guanidine groups is 1. The first-order chi connectivity index (χ1) is 13.8. The number of aliphatic imine (C=N–C) groups is 1. The topological polar surface area (TPSA) is 68.0 Å². The van der Waals surface area contributed by atoms with Crippen LogP contribution in [0.15, 0.2) is 27.8 Å². The molecule has 2 aliphatic rings. The van der Waals surface area contributed by atoms with Gasteiger partial charge in [0.15, 0.2) is 5.96 Å². The Balaban J connectivity index is 0.00000300. The summed E-state index contributed by atoms with van der Waals surface area (Å²) in [4.78, 5) is 4.80. The van der Waals surface area contributed by atoms with Crippen LogP contribution in [0.4, 0.5) is 0 Å². The van der Waals surface area contributed by atoms with Gasteiger partial charge in [-0.1, -0.05) is 19.8 Å². The normalized spacial score (nSPS) is 24.9. The van der Waals surface area contributed by atoms with Crippen molar-refractivity contribution in [2.75, 3.05) is 39.5 Å². The molecular weight excluding hydrogens is 481 g/mol. The third-order valence-corrected chi connectivity index (χ3v) is 5.77. The van der Waals surface area contributed by atoms with Gasteiger partial charge in [0.05, 0.1) is 19.5 Å². The predicted octanol–water partition coefficient (Wildman–Crippen LogP) is 4.00. The lowest BCUT2D eigenvalue weighted by molar-refractivity contribution is 0.0893. The third-order valence-electron chi connectivity index (χ3n) is 5.77. The van der Waals surface area contributed by atoms with Gasteiger partial charge in [0.25, 0.3) is 0 Å². The van der Waals surface area contributed by atoms with Gasteiger partial charge in [-0.05, 0) is 43.7 Å². The number of hydrogen-bond donors (Lipinski definition) is 2. The molecule has 2 N–H and O–H groups in total. The SMILES string of the molecule is CC1CCCCC1NC(=NCCCOCC1CCOC1)NCCc1ccco1.I. The molecule has 0 radical (unpaired) electrons. The molecule has 0 amide bonds. The second-order valence-corrected chi connectivity index (χ2v) is 8.16. The molecular formula is C22H38IN3O3. The lowest BCUT2D eigenvalue weighted by atomic mass is 9.86. The van der Waals surface area contributed by atoms with E-state index in [9.17, 15) is 0 Å². The van der Waals surface area contributed by atoms with Crippen LogP contribution >= 0.6 is 24.0 Å². The molecule has 1 aromatic rings. The Labute approximate surface area is 192 Å². The highest BCUT2D eigenvalue weighted by molar-refractivity contribution is 14.0. The fraction of sp³-hybridized carbons (Fsp3) is 0.773. The highest BCUT2D eigenvalue weighted by atomic mass is 127. The molecule has 6 nitrogen and oxygen atoms in total. The average Bonchev–Trinajstić information content (AvgIpc) is 3.40. The second kappa shape index (κ2) is 14.2. The van der Waals surface area contributed by atoms with Crippen molar-refractivity contribution >= 4 is 29.9 Å². The molecule has 3 unspecified atom stereocenters. The summed E-state index contributed by atoms with van der Waals surface area (Å²) >= 11 is 0.